The summed E-state index contributed by atoms with van der Waals surface area (Å²) in [5.74, 6) is 1.76. The molecule has 74 heavy (non-hydrogen) atoms. The first-order valence-electron chi connectivity index (χ1n) is 25.2. The second-order valence-electron chi connectivity index (χ2n) is 19.0. The second-order valence-corrected chi connectivity index (χ2v) is 19.0. The summed E-state index contributed by atoms with van der Waals surface area (Å²) < 4.78 is 6.66. The summed E-state index contributed by atoms with van der Waals surface area (Å²) >= 11 is 0. The van der Waals surface area contributed by atoms with Crippen molar-refractivity contribution >= 4 is 21.9 Å². The largest absolute Gasteiger partial charge is 0.456 e. The fraction of sp³-hybridized carbons (Fsp3) is 0.0143. The number of hydrogen-bond acceptors (Lipinski definition) is 4. The molecule has 0 fully saturated rings. The van der Waals surface area contributed by atoms with Crippen LogP contribution in [0.1, 0.15) is 22.3 Å². The Bertz CT molecular complexity index is 4100. The smallest absolute Gasteiger partial charge is 0.164 e. The van der Waals surface area contributed by atoms with Crippen molar-refractivity contribution in [2.24, 2.45) is 0 Å². The maximum atomic E-state index is 6.66. The van der Waals surface area contributed by atoms with Crippen molar-refractivity contribution in [2.45, 2.75) is 5.41 Å². The van der Waals surface area contributed by atoms with Crippen molar-refractivity contribution in [1.82, 2.24) is 15.0 Å². The molecule has 4 nitrogen and oxygen atoms in total. The van der Waals surface area contributed by atoms with E-state index in [2.05, 4.69) is 249 Å². The Hall–Kier alpha value is -9.77. The van der Waals surface area contributed by atoms with E-state index < -0.39 is 5.41 Å². The number of fused-ring (bicyclic) bond motifs is 6. The van der Waals surface area contributed by atoms with Crippen LogP contribution in [-0.2, 0) is 5.41 Å². The van der Waals surface area contributed by atoms with Gasteiger partial charge < -0.3 is 4.42 Å². The highest BCUT2D eigenvalue weighted by Gasteiger charge is 2.46. The third kappa shape index (κ3) is 7.18. The number of rotatable bonds is 9. The zero-order valence-electron chi connectivity index (χ0n) is 40.2. The number of hydrogen-bond donors (Lipinski definition) is 0. The lowest BCUT2D eigenvalue weighted by molar-refractivity contribution is 0.669. The van der Waals surface area contributed by atoms with Crippen LogP contribution in [0.2, 0.25) is 0 Å². The summed E-state index contributed by atoms with van der Waals surface area (Å²) in [5, 5.41) is 1.94. The fourth-order valence-corrected chi connectivity index (χ4v) is 11.5. The lowest BCUT2D eigenvalue weighted by Crippen LogP contribution is -2.28. The average Bonchev–Trinajstić information content (AvgIpc) is 4.05. The van der Waals surface area contributed by atoms with Gasteiger partial charge in [-0.1, -0.05) is 237 Å². The molecule has 0 N–H and O–H groups in total. The Morgan fingerprint density at radius 1 is 0.270 bits per heavy atom. The highest BCUT2D eigenvalue weighted by molar-refractivity contribution is 6.13. The van der Waals surface area contributed by atoms with Gasteiger partial charge in [0.05, 0.1) is 5.41 Å². The molecule has 2 heterocycles. The summed E-state index contributed by atoms with van der Waals surface area (Å²) in [4.78, 5) is 15.8. The van der Waals surface area contributed by atoms with Gasteiger partial charge in [0.2, 0.25) is 0 Å². The van der Waals surface area contributed by atoms with Crippen molar-refractivity contribution in [1.29, 1.82) is 0 Å². The van der Waals surface area contributed by atoms with E-state index in [1.165, 1.54) is 38.9 Å². The highest BCUT2D eigenvalue weighted by atomic mass is 16.3. The number of benzene rings is 11. The van der Waals surface area contributed by atoms with Crippen molar-refractivity contribution < 1.29 is 4.42 Å². The van der Waals surface area contributed by atoms with Gasteiger partial charge >= 0.3 is 0 Å². The van der Waals surface area contributed by atoms with Gasteiger partial charge in [-0.05, 0) is 114 Å². The van der Waals surface area contributed by atoms with E-state index in [9.17, 15) is 0 Å². The summed E-state index contributed by atoms with van der Waals surface area (Å²) in [6.07, 6.45) is 0. The molecule has 4 heteroatoms. The van der Waals surface area contributed by atoms with E-state index >= 15 is 0 Å². The molecule has 0 spiro atoms. The average molecular weight is 944 g/mol. The normalized spacial score (nSPS) is 12.4. The van der Waals surface area contributed by atoms with Crippen molar-refractivity contribution in [3.63, 3.8) is 0 Å². The molecule has 0 aliphatic heterocycles. The van der Waals surface area contributed by atoms with Gasteiger partial charge in [-0.15, -0.1) is 0 Å². The maximum absolute atomic E-state index is 6.66. The molecule has 1 aliphatic carbocycles. The van der Waals surface area contributed by atoms with E-state index in [0.29, 0.717) is 17.5 Å². The third-order valence-corrected chi connectivity index (χ3v) is 14.8. The molecule has 0 saturated heterocycles. The molecule has 0 unspecified atom stereocenters. The number of furan rings is 1. The van der Waals surface area contributed by atoms with E-state index in [-0.39, 0.29) is 0 Å². The Balaban J connectivity index is 0.912. The van der Waals surface area contributed by atoms with E-state index in [4.69, 9.17) is 19.4 Å². The molecule has 1 aliphatic rings. The molecule has 346 valence electrons. The zero-order chi connectivity index (χ0) is 49.0. The monoisotopic (exact) mass is 943 g/mol. The molecular weight excluding hydrogens is 899 g/mol. The van der Waals surface area contributed by atoms with Crippen LogP contribution in [-0.4, -0.2) is 15.0 Å². The first-order chi connectivity index (χ1) is 36.7. The molecule has 0 saturated carbocycles. The zero-order valence-corrected chi connectivity index (χ0v) is 40.2. The Morgan fingerprint density at radius 2 is 0.703 bits per heavy atom. The van der Waals surface area contributed by atoms with Crippen LogP contribution >= 0.6 is 0 Å². The third-order valence-electron chi connectivity index (χ3n) is 14.8. The van der Waals surface area contributed by atoms with Gasteiger partial charge in [-0.2, -0.15) is 0 Å². The Kier molecular flexibility index (Phi) is 10.4. The molecule has 13 aromatic rings. The first kappa shape index (κ1) is 43.1. The topological polar surface area (TPSA) is 51.8 Å². The quantitative estimate of drug-likeness (QED) is 0.145. The molecular formula is C70H45N3O. The van der Waals surface area contributed by atoms with E-state index in [0.717, 1.165) is 77.6 Å². The predicted molar refractivity (Wildman–Crippen MR) is 302 cm³/mol. The number of nitrogens with zero attached hydrogens (tertiary/aromatic N) is 3. The predicted octanol–water partition coefficient (Wildman–Crippen LogP) is 17.8. The van der Waals surface area contributed by atoms with Crippen LogP contribution in [0.3, 0.4) is 0 Å². The molecule has 11 aromatic carbocycles. The van der Waals surface area contributed by atoms with Crippen LogP contribution in [0.25, 0.3) is 112 Å². The molecule has 0 amide bonds. The van der Waals surface area contributed by atoms with E-state index in [1.54, 1.807) is 0 Å². The van der Waals surface area contributed by atoms with E-state index in [1.807, 2.05) is 24.3 Å². The lowest BCUT2D eigenvalue weighted by atomic mass is 9.67. The SMILES string of the molecule is c1ccc(-c2cccc(-c3nc(-c4cccc(-c5ccccc5)c4)nc(-c4cccc5oc6ccc(-c7cccc(-c8cccc9c8-c8ccccc8C9(c8ccccc8)c8ccccc8)c7)cc6c45)n3)c2)cc1. The van der Waals surface area contributed by atoms with Crippen molar-refractivity contribution in [3.8, 4) is 89.8 Å². The van der Waals surface area contributed by atoms with Gasteiger partial charge in [0.15, 0.2) is 17.5 Å². The Labute approximate surface area is 429 Å². The molecule has 2 aromatic heterocycles. The van der Waals surface area contributed by atoms with Crippen LogP contribution in [0.4, 0.5) is 0 Å². The van der Waals surface area contributed by atoms with Crippen molar-refractivity contribution in [3.05, 3.63) is 295 Å². The Morgan fingerprint density at radius 3 is 1.34 bits per heavy atom. The van der Waals surface area contributed by atoms with Crippen LogP contribution in [0.5, 0.6) is 0 Å². The standard InChI is InChI=1S/C70H45N3O/c1-5-20-46(21-6-1)48-24-16-28-53(43-48)67-71-68(54-29-17-25-49(44-54)47-22-7-2-8-23-47)73-69(72-67)59-36-19-39-64-66(59)60-45-51(40-41-63(60)74-64)50-26-15-27-52(42-50)57-35-18-38-62-65(57)58-34-13-14-37-61(58)70(62,55-30-9-3-10-31-55)56-32-11-4-12-33-56/h1-45H. The summed E-state index contributed by atoms with van der Waals surface area (Å²) in [7, 11) is 0. The van der Waals surface area contributed by atoms with Gasteiger partial charge in [-0.3, -0.25) is 0 Å². The minimum Gasteiger partial charge on any atom is -0.456 e. The second kappa shape index (κ2) is 17.8. The van der Waals surface area contributed by atoms with Crippen LogP contribution in [0, 0.1) is 0 Å². The minimum atomic E-state index is -0.481. The molecule has 0 atom stereocenters. The summed E-state index contributed by atoms with van der Waals surface area (Å²) in [6.45, 7) is 0. The van der Waals surface area contributed by atoms with Gasteiger partial charge in [0, 0.05) is 27.5 Å². The highest BCUT2D eigenvalue weighted by Crippen LogP contribution is 2.58. The maximum Gasteiger partial charge on any atom is 0.164 e. The molecule has 0 bridgehead atoms. The van der Waals surface area contributed by atoms with Gasteiger partial charge in [-0.25, -0.2) is 15.0 Å². The lowest BCUT2D eigenvalue weighted by Gasteiger charge is -2.34. The molecule has 14 rings (SSSR count). The van der Waals surface area contributed by atoms with Crippen molar-refractivity contribution in [2.75, 3.05) is 0 Å². The minimum absolute atomic E-state index is 0.481. The van der Waals surface area contributed by atoms with Gasteiger partial charge in [0.25, 0.3) is 0 Å². The van der Waals surface area contributed by atoms with Gasteiger partial charge in [0.1, 0.15) is 11.2 Å². The van der Waals surface area contributed by atoms with Crippen LogP contribution in [0.15, 0.2) is 277 Å². The fourth-order valence-electron chi connectivity index (χ4n) is 11.5. The van der Waals surface area contributed by atoms with Crippen LogP contribution < -0.4 is 0 Å². The summed E-state index contributed by atoms with van der Waals surface area (Å²) in [6, 6.07) is 97.2. The first-order valence-corrected chi connectivity index (χ1v) is 25.2. The molecule has 0 radical (unpaired) electrons. The number of aromatic nitrogens is 3. The summed E-state index contributed by atoms with van der Waals surface area (Å²) in [5.41, 5.74) is 20.3.